The summed E-state index contributed by atoms with van der Waals surface area (Å²) < 4.78 is 4.15. The lowest BCUT2D eigenvalue weighted by Crippen LogP contribution is -2.11. The van der Waals surface area contributed by atoms with Gasteiger partial charge in [0.2, 0.25) is 10.1 Å². The Kier molecular flexibility index (Phi) is 4.19. The van der Waals surface area contributed by atoms with Crippen LogP contribution in [0.5, 0.6) is 0 Å². The SMILES string of the molecule is CCn1c(CCNc2nn3cc(C(C)(C)C)nc3s2)nc2ccccc21. The van der Waals surface area contributed by atoms with Gasteiger partial charge >= 0.3 is 0 Å². The van der Waals surface area contributed by atoms with Gasteiger partial charge in [-0.2, -0.15) is 0 Å². The number of hydrogen-bond acceptors (Lipinski definition) is 5. The summed E-state index contributed by atoms with van der Waals surface area (Å²) in [6, 6.07) is 8.30. The van der Waals surface area contributed by atoms with Gasteiger partial charge in [-0.3, -0.25) is 0 Å². The lowest BCUT2D eigenvalue weighted by atomic mass is 9.93. The van der Waals surface area contributed by atoms with Gasteiger partial charge in [0.25, 0.3) is 0 Å². The molecule has 0 amide bonds. The van der Waals surface area contributed by atoms with E-state index in [0.29, 0.717) is 0 Å². The molecule has 1 aromatic carbocycles. The van der Waals surface area contributed by atoms with Crippen LogP contribution in [0, 0.1) is 0 Å². The Bertz CT molecular complexity index is 1020. The predicted octanol–water partition coefficient (Wildman–Crippen LogP) is 4.11. The van der Waals surface area contributed by atoms with Gasteiger partial charge in [-0.15, -0.1) is 5.10 Å². The molecule has 0 spiro atoms. The second-order valence-corrected chi connectivity index (χ2v) is 8.40. The van der Waals surface area contributed by atoms with Crippen molar-refractivity contribution in [3.63, 3.8) is 0 Å². The molecule has 3 heterocycles. The smallest absolute Gasteiger partial charge is 0.214 e. The molecule has 0 bridgehead atoms. The van der Waals surface area contributed by atoms with Crippen LogP contribution in [0.3, 0.4) is 0 Å². The second kappa shape index (κ2) is 6.39. The zero-order valence-electron chi connectivity index (χ0n) is 15.7. The molecule has 7 heteroatoms. The standard InChI is InChI=1S/C19H24N6S/c1-5-24-14-9-7-6-8-13(14)21-16(24)10-11-20-17-23-25-12-15(19(2,3)4)22-18(25)26-17/h6-9,12H,5,10-11H2,1-4H3,(H,20,23). The Balaban J connectivity index is 1.46. The van der Waals surface area contributed by atoms with Crippen molar-refractivity contribution in [2.24, 2.45) is 0 Å². The van der Waals surface area contributed by atoms with Crippen LogP contribution >= 0.6 is 11.3 Å². The number of rotatable bonds is 5. The van der Waals surface area contributed by atoms with Gasteiger partial charge in [0.1, 0.15) is 5.82 Å². The quantitative estimate of drug-likeness (QED) is 0.576. The minimum atomic E-state index is 0.0419. The maximum atomic E-state index is 4.77. The summed E-state index contributed by atoms with van der Waals surface area (Å²) in [5, 5.41) is 8.91. The third kappa shape index (κ3) is 3.07. The van der Waals surface area contributed by atoms with Crippen LogP contribution in [-0.2, 0) is 18.4 Å². The van der Waals surface area contributed by atoms with Crippen molar-refractivity contribution in [1.29, 1.82) is 0 Å². The van der Waals surface area contributed by atoms with E-state index in [1.54, 1.807) is 11.3 Å². The minimum absolute atomic E-state index is 0.0419. The monoisotopic (exact) mass is 368 g/mol. The maximum absolute atomic E-state index is 4.77. The number of benzene rings is 1. The zero-order valence-corrected chi connectivity index (χ0v) is 16.5. The Labute approximate surface area is 156 Å². The van der Waals surface area contributed by atoms with Crippen molar-refractivity contribution in [2.45, 2.75) is 46.1 Å². The van der Waals surface area contributed by atoms with E-state index in [1.807, 2.05) is 16.8 Å². The summed E-state index contributed by atoms with van der Waals surface area (Å²) in [7, 11) is 0. The average Bonchev–Trinajstić information content (AvgIpc) is 3.24. The summed E-state index contributed by atoms with van der Waals surface area (Å²) in [4.78, 5) is 10.4. The first-order valence-electron chi connectivity index (χ1n) is 9.00. The van der Waals surface area contributed by atoms with E-state index in [2.05, 4.69) is 65.9 Å². The Hall–Kier alpha value is -2.41. The molecular formula is C19H24N6S. The van der Waals surface area contributed by atoms with Crippen LogP contribution in [0.15, 0.2) is 30.5 Å². The molecule has 0 radical (unpaired) electrons. The highest BCUT2D eigenvalue weighted by Gasteiger charge is 2.19. The molecule has 0 aliphatic rings. The highest BCUT2D eigenvalue weighted by atomic mass is 32.1. The van der Waals surface area contributed by atoms with Crippen molar-refractivity contribution in [2.75, 3.05) is 11.9 Å². The van der Waals surface area contributed by atoms with Crippen LogP contribution in [0.4, 0.5) is 5.13 Å². The Morgan fingerprint density at radius 1 is 1.15 bits per heavy atom. The van der Waals surface area contributed by atoms with Crippen LogP contribution in [0.1, 0.15) is 39.2 Å². The van der Waals surface area contributed by atoms with E-state index < -0.39 is 0 Å². The highest BCUT2D eigenvalue weighted by molar-refractivity contribution is 7.20. The van der Waals surface area contributed by atoms with Gasteiger partial charge in [-0.1, -0.05) is 44.2 Å². The molecule has 26 heavy (non-hydrogen) atoms. The van der Waals surface area contributed by atoms with Gasteiger partial charge in [-0.25, -0.2) is 14.5 Å². The molecule has 0 unspecified atom stereocenters. The molecule has 0 atom stereocenters. The molecule has 0 saturated heterocycles. The molecule has 4 aromatic rings. The van der Waals surface area contributed by atoms with Crippen molar-refractivity contribution in [3.05, 3.63) is 42.0 Å². The third-order valence-corrected chi connectivity index (χ3v) is 5.37. The highest BCUT2D eigenvalue weighted by Crippen LogP contribution is 2.25. The van der Waals surface area contributed by atoms with Crippen molar-refractivity contribution in [1.82, 2.24) is 24.1 Å². The first-order valence-corrected chi connectivity index (χ1v) is 9.82. The first-order chi connectivity index (χ1) is 12.5. The van der Waals surface area contributed by atoms with Gasteiger partial charge in [0, 0.05) is 24.9 Å². The van der Waals surface area contributed by atoms with Crippen LogP contribution in [-0.4, -0.2) is 30.7 Å². The van der Waals surface area contributed by atoms with E-state index in [-0.39, 0.29) is 5.41 Å². The van der Waals surface area contributed by atoms with E-state index in [4.69, 9.17) is 4.98 Å². The molecule has 1 N–H and O–H groups in total. The minimum Gasteiger partial charge on any atom is -0.360 e. The summed E-state index contributed by atoms with van der Waals surface area (Å²) in [5.41, 5.74) is 3.37. The third-order valence-electron chi connectivity index (χ3n) is 4.49. The van der Waals surface area contributed by atoms with Gasteiger partial charge in [0.05, 0.1) is 22.9 Å². The van der Waals surface area contributed by atoms with Crippen LogP contribution in [0.2, 0.25) is 0 Å². The summed E-state index contributed by atoms with van der Waals surface area (Å²) in [5.74, 6) is 1.11. The normalized spacial score (nSPS) is 12.3. The Morgan fingerprint density at radius 2 is 1.96 bits per heavy atom. The van der Waals surface area contributed by atoms with E-state index in [1.165, 1.54) is 5.52 Å². The average molecular weight is 369 g/mol. The molecule has 6 nitrogen and oxygen atoms in total. The lowest BCUT2D eigenvalue weighted by Gasteiger charge is -2.13. The van der Waals surface area contributed by atoms with Crippen molar-refractivity contribution < 1.29 is 0 Å². The molecule has 136 valence electrons. The number of fused-ring (bicyclic) bond motifs is 2. The summed E-state index contributed by atoms with van der Waals surface area (Å²) in [6.45, 7) is 10.4. The van der Waals surface area contributed by atoms with Gasteiger partial charge < -0.3 is 9.88 Å². The summed E-state index contributed by atoms with van der Waals surface area (Å²) in [6.07, 6.45) is 2.88. The number of anilines is 1. The molecule has 0 aliphatic carbocycles. The fourth-order valence-corrected chi connectivity index (χ4v) is 3.89. The maximum Gasteiger partial charge on any atom is 0.214 e. The number of hydrogen-bond donors (Lipinski definition) is 1. The number of imidazole rings is 2. The number of para-hydroxylation sites is 2. The molecule has 4 rings (SSSR count). The zero-order chi connectivity index (χ0) is 18.3. The molecule has 0 saturated carbocycles. The van der Waals surface area contributed by atoms with E-state index in [9.17, 15) is 0 Å². The molecule has 3 aromatic heterocycles. The number of aryl methyl sites for hydroxylation is 1. The van der Waals surface area contributed by atoms with E-state index in [0.717, 1.165) is 46.6 Å². The van der Waals surface area contributed by atoms with Gasteiger partial charge in [-0.05, 0) is 19.1 Å². The first kappa shape index (κ1) is 17.0. The number of nitrogens with one attached hydrogen (secondary N) is 1. The number of nitrogens with zero attached hydrogens (tertiary/aromatic N) is 5. The van der Waals surface area contributed by atoms with Crippen molar-refractivity contribution >= 4 is 32.5 Å². The molecule has 0 aliphatic heterocycles. The van der Waals surface area contributed by atoms with E-state index >= 15 is 0 Å². The molecule has 0 fully saturated rings. The van der Waals surface area contributed by atoms with Crippen LogP contribution < -0.4 is 5.32 Å². The number of aromatic nitrogens is 5. The molecular weight excluding hydrogens is 344 g/mol. The topological polar surface area (TPSA) is 60.0 Å². The fourth-order valence-electron chi connectivity index (χ4n) is 3.08. The largest absolute Gasteiger partial charge is 0.360 e. The fraction of sp³-hybridized carbons (Fsp3) is 0.421. The Morgan fingerprint density at radius 3 is 2.69 bits per heavy atom. The lowest BCUT2D eigenvalue weighted by molar-refractivity contribution is 0.572. The van der Waals surface area contributed by atoms with Crippen LogP contribution in [0.25, 0.3) is 16.0 Å². The predicted molar refractivity (Wildman–Crippen MR) is 107 cm³/mol. The summed E-state index contributed by atoms with van der Waals surface area (Å²) >= 11 is 1.59. The van der Waals surface area contributed by atoms with Gasteiger partial charge in [0.15, 0.2) is 0 Å². The second-order valence-electron chi connectivity index (χ2n) is 7.45. The van der Waals surface area contributed by atoms with Crippen molar-refractivity contribution in [3.8, 4) is 0 Å².